The Labute approximate surface area is 216 Å². The van der Waals surface area contributed by atoms with Gasteiger partial charge in [-0.2, -0.15) is 17.5 Å². The molecule has 0 unspecified atom stereocenters. The molecule has 1 N–H and O–H groups in total. The molecule has 196 valence electrons. The van der Waals surface area contributed by atoms with E-state index >= 15 is 0 Å². The number of thiophene rings is 1. The third-order valence-electron chi connectivity index (χ3n) is 5.47. The highest BCUT2D eigenvalue weighted by Gasteiger charge is 2.38. The first-order valence-electron chi connectivity index (χ1n) is 10.9. The summed E-state index contributed by atoms with van der Waals surface area (Å²) in [6.45, 7) is 2.45. The standard InChI is InChI=1S/C24H25ClF3NO5S2/c1-15-19-13-17(25)8-11-20(19)35-21(15)36(32,33)29(14-24(26,27)28)12-4-5-16-6-9-18(10-7-16)34-23(2,3)22(30)31/h6-11,13H,4-5,12,14H2,1-3H3,(H,30,31). The molecule has 0 amide bonds. The number of carboxylic acids is 1. The molecule has 3 rings (SSSR count). The molecule has 6 nitrogen and oxygen atoms in total. The minimum absolute atomic E-state index is 0.133. The molecule has 0 radical (unpaired) electrons. The molecule has 0 aliphatic rings. The molecule has 0 aliphatic heterocycles. The third kappa shape index (κ3) is 6.70. The molecule has 0 fully saturated rings. The number of aliphatic carboxylic acids is 1. The van der Waals surface area contributed by atoms with E-state index in [1.54, 1.807) is 49.4 Å². The minimum Gasteiger partial charge on any atom is -0.478 e. The zero-order chi connectivity index (χ0) is 26.9. The Morgan fingerprint density at radius 3 is 2.36 bits per heavy atom. The van der Waals surface area contributed by atoms with Crippen molar-refractivity contribution in [3.8, 4) is 5.75 Å². The van der Waals surface area contributed by atoms with Gasteiger partial charge in [0.15, 0.2) is 5.60 Å². The van der Waals surface area contributed by atoms with E-state index in [2.05, 4.69) is 0 Å². The van der Waals surface area contributed by atoms with Gasteiger partial charge < -0.3 is 9.84 Å². The van der Waals surface area contributed by atoms with Crippen LogP contribution in [0.15, 0.2) is 46.7 Å². The summed E-state index contributed by atoms with van der Waals surface area (Å²) in [6.07, 6.45) is -4.25. The second-order valence-corrected chi connectivity index (χ2v) is 12.4. The fourth-order valence-electron chi connectivity index (χ4n) is 3.54. The molecule has 0 spiro atoms. The monoisotopic (exact) mass is 563 g/mol. The Morgan fingerprint density at radius 1 is 1.14 bits per heavy atom. The van der Waals surface area contributed by atoms with Crippen molar-refractivity contribution in [3.63, 3.8) is 0 Å². The number of carboxylic acid groups (broad SMARTS) is 1. The van der Waals surface area contributed by atoms with Gasteiger partial charge >= 0.3 is 12.1 Å². The van der Waals surface area contributed by atoms with Crippen LogP contribution >= 0.6 is 22.9 Å². The van der Waals surface area contributed by atoms with E-state index in [1.165, 1.54) is 13.8 Å². The molecular formula is C24H25ClF3NO5S2. The predicted octanol–water partition coefficient (Wildman–Crippen LogP) is 6.29. The molecule has 0 aliphatic carbocycles. The van der Waals surface area contributed by atoms with E-state index in [4.69, 9.17) is 21.4 Å². The molecule has 12 heteroatoms. The fraction of sp³-hybridized carbons (Fsp3) is 0.375. The number of hydrogen-bond donors (Lipinski definition) is 1. The van der Waals surface area contributed by atoms with Crippen molar-refractivity contribution in [3.05, 3.63) is 58.6 Å². The predicted molar refractivity (Wildman–Crippen MR) is 133 cm³/mol. The number of benzene rings is 2. The van der Waals surface area contributed by atoms with Crippen molar-refractivity contribution in [2.45, 2.75) is 49.6 Å². The molecule has 0 saturated carbocycles. The van der Waals surface area contributed by atoms with Crippen molar-refractivity contribution in [1.82, 2.24) is 4.31 Å². The summed E-state index contributed by atoms with van der Waals surface area (Å²) in [5.41, 5.74) is -0.318. The van der Waals surface area contributed by atoms with Gasteiger partial charge in [0.25, 0.3) is 10.0 Å². The summed E-state index contributed by atoms with van der Waals surface area (Å²) < 4.78 is 73.0. The highest BCUT2D eigenvalue weighted by molar-refractivity contribution is 7.91. The number of aryl methyl sites for hydroxylation is 2. The van der Waals surface area contributed by atoms with E-state index in [0.717, 1.165) is 16.9 Å². The van der Waals surface area contributed by atoms with Gasteiger partial charge in [0.1, 0.15) is 16.5 Å². The lowest BCUT2D eigenvalue weighted by Crippen LogP contribution is -2.39. The lowest BCUT2D eigenvalue weighted by molar-refractivity contribution is -0.152. The Balaban J connectivity index is 1.76. The summed E-state index contributed by atoms with van der Waals surface area (Å²) in [6, 6.07) is 11.3. The third-order valence-corrected chi connectivity index (χ3v) is 9.42. The van der Waals surface area contributed by atoms with E-state index in [-0.39, 0.29) is 17.2 Å². The van der Waals surface area contributed by atoms with Gasteiger partial charge in [-0.15, -0.1) is 11.3 Å². The second-order valence-electron chi connectivity index (χ2n) is 8.77. The van der Waals surface area contributed by atoms with Crippen LogP contribution < -0.4 is 4.74 Å². The summed E-state index contributed by atoms with van der Waals surface area (Å²) in [5.74, 6) is -0.803. The summed E-state index contributed by atoms with van der Waals surface area (Å²) in [5, 5.41) is 10.2. The largest absolute Gasteiger partial charge is 0.478 e. The maximum absolute atomic E-state index is 13.3. The lowest BCUT2D eigenvalue weighted by Gasteiger charge is -2.23. The fourth-order valence-corrected chi connectivity index (χ4v) is 7.06. The van der Waals surface area contributed by atoms with E-state index < -0.39 is 34.3 Å². The first-order chi connectivity index (χ1) is 16.6. The number of alkyl halides is 3. The van der Waals surface area contributed by atoms with Crippen LogP contribution in [0.1, 0.15) is 31.4 Å². The van der Waals surface area contributed by atoms with Crippen molar-refractivity contribution in [2.75, 3.05) is 13.1 Å². The maximum atomic E-state index is 13.3. The zero-order valence-electron chi connectivity index (χ0n) is 19.7. The van der Waals surface area contributed by atoms with Gasteiger partial charge in [0.05, 0.1) is 0 Å². The Morgan fingerprint density at radius 2 is 1.78 bits per heavy atom. The van der Waals surface area contributed by atoms with Crippen molar-refractivity contribution >= 4 is 49.0 Å². The quantitative estimate of drug-likeness (QED) is 0.313. The van der Waals surface area contributed by atoms with Crippen LogP contribution in [-0.4, -0.2) is 48.7 Å². The molecular weight excluding hydrogens is 539 g/mol. The van der Waals surface area contributed by atoms with E-state index in [1.807, 2.05) is 0 Å². The second kappa shape index (κ2) is 10.6. The van der Waals surface area contributed by atoms with Gasteiger partial charge in [-0.3, -0.25) is 0 Å². The molecule has 1 aromatic heterocycles. The number of nitrogens with zero attached hydrogens (tertiary/aromatic N) is 1. The van der Waals surface area contributed by atoms with Crippen LogP contribution in [0.25, 0.3) is 10.1 Å². The molecule has 0 bridgehead atoms. The van der Waals surface area contributed by atoms with Crippen LogP contribution in [0.4, 0.5) is 13.2 Å². The molecule has 36 heavy (non-hydrogen) atoms. The molecule has 0 saturated heterocycles. The van der Waals surface area contributed by atoms with Gasteiger partial charge in [-0.05, 0) is 80.5 Å². The SMILES string of the molecule is Cc1c(S(=O)(=O)N(CCCc2ccc(OC(C)(C)C(=O)O)cc2)CC(F)(F)F)sc2ccc(Cl)cc12. The number of hydrogen-bond acceptors (Lipinski definition) is 5. The molecule has 2 aromatic carbocycles. The van der Waals surface area contributed by atoms with Gasteiger partial charge in [-0.1, -0.05) is 23.7 Å². The number of sulfonamides is 1. The number of rotatable bonds is 10. The number of ether oxygens (including phenoxy) is 1. The Hall–Kier alpha value is -2.34. The molecule has 3 aromatic rings. The maximum Gasteiger partial charge on any atom is 0.402 e. The van der Waals surface area contributed by atoms with E-state index in [9.17, 15) is 26.4 Å². The summed E-state index contributed by atoms with van der Waals surface area (Å²) in [4.78, 5) is 11.2. The molecule has 0 atom stereocenters. The topological polar surface area (TPSA) is 83.9 Å². The summed E-state index contributed by atoms with van der Waals surface area (Å²) >= 11 is 6.93. The lowest BCUT2D eigenvalue weighted by atomic mass is 10.1. The van der Waals surface area contributed by atoms with Crippen molar-refractivity contribution in [2.24, 2.45) is 0 Å². The highest BCUT2D eigenvalue weighted by Crippen LogP contribution is 2.37. The smallest absolute Gasteiger partial charge is 0.402 e. The average Bonchev–Trinajstić information content (AvgIpc) is 3.09. The first kappa shape index (κ1) is 28.2. The Kier molecular flexibility index (Phi) is 8.29. The Bertz CT molecular complexity index is 1350. The first-order valence-corrected chi connectivity index (χ1v) is 13.5. The van der Waals surface area contributed by atoms with Crippen molar-refractivity contribution in [1.29, 1.82) is 0 Å². The number of carbonyl (C=O) groups is 1. The summed E-state index contributed by atoms with van der Waals surface area (Å²) in [7, 11) is -4.42. The van der Waals surface area contributed by atoms with Gasteiger partial charge in [0, 0.05) is 16.3 Å². The highest BCUT2D eigenvalue weighted by atomic mass is 35.5. The van der Waals surface area contributed by atoms with Gasteiger partial charge in [-0.25, -0.2) is 13.2 Å². The van der Waals surface area contributed by atoms with Crippen LogP contribution in [0.5, 0.6) is 5.75 Å². The van der Waals surface area contributed by atoms with Crippen LogP contribution in [0, 0.1) is 6.92 Å². The minimum atomic E-state index is -4.71. The number of fused-ring (bicyclic) bond motifs is 1. The van der Waals surface area contributed by atoms with Crippen LogP contribution in [0.3, 0.4) is 0 Å². The van der Waals surface area contributed by atoms with Crippen LogP contribution in [-0.2, 0) is 21.2 Å². The van der Waals surface area contributed by atoms with Gasteiger partial charge in [0.2, 0.25) is 0 Å². The average molecular weight is 564 g/mol. The number of halogens is 4. The van der Waals surface area contributed by atoms with Crippen LogP contribution in [0.2, 0.25) is 5.02 Å². The van der Waals surface area contributed by atoms with Crippen molar-refractivity contribution < 1.29 is 36.2 Å². The zero-order valence-corrected chi connectivity index (χ0v) is 22.1. The molecule has 1 heterocycles. The normalized spacial score (nSPS) is 12.9. The van der Waals surface area contributed by atoms with E-state index in [0.29, 0.717) is 37.1 Å².